The number of methoxy groups -OCH3 is 1. The fraction of sp³-hybridized carbons (Fsp3) is 0.875. The van der Waals surface area contributed by atoms with Crippen molar-refractivity contribution in [1.29, 1.82) is 0 Å². The summed E-state index contributed by atoms with van der Waals surface area (Å²) in [6.07, 6.45) is -3.53. The van der Waals surface area contributed by atoms with Crippen molar-refractivity contribution in [2.24, 2.45) is 5.73 Å². The molecule has 1 heterocycles. The van der Waals surface area contributed by atoms with Crippen molar-refractivity contribution in [1.82, 2.24) is 0 Å². The average molecular weight is 205 g/mol. The van der Waals surface area contributed by atoms with Gasteiger partial charge in [-0.1, -0.05) is 0 Å². The van der Waals surface area contributed by atoms with Gasteiger partial charge in [0.05, 0.1) is 25.7 Å². The Morgan fingerprint density at radius 2 is 2.00 bits per heavy atom. The molecule has 14 heavy (non-hydrogen) atoms. The third kappa shape index (κ3) is 2.21. The SMILES string of the molecule is COC(=O)C[C@@H]1O[C@H](CN)[C@@H](O)[C@H]1O. The lowest BCUT2D eigenvalue weighted by Gasteiger charge is -2.12. The number of hydrogen-bond acceptors (Lipinski definition) is 6. The van der Waals surface area contributed by atoms with Gasteiger partial charge in [0.25, 0.3) is 0 Å². The minimum atomic E-state index is -1.08. The lowest BCUT2D eigenvalue weighted by molar-refractivity contribution is -0.144. The Morgan fingerprint density at radius 1 is 1.43 bits per heavy atom. The lowest BCUT2D eigenvalue weighted by Crippen LogP contribution is -2.36. The highest BCUT2D eigenvalue weighted by molar-refractivity contribution is 5.69. The second-order valence-corrected chi connectivity index (χ2v) is 3.21. The van der Waals surface area contributed by atoms with Gasteiger partial charge in [-0.3, -0.25) is 4.79 Å². The summed E-state index contributed by atoms with van der Waals surface area (Å²) in [6.45, 7) is 0.107. The number of esters is 1. The van der Waals surface area contributed by atoms with Crippen LogP contribution in [0.15, 0.2) is 0 Å². The molecule has 1 fully saturated rings. The summed E-state index contributed by atoms with van der Waals surface area (Å²) in [5, 5.41) is 18.9. The Morgan fingerprint density at radius 3 is 2.43 bits per heavy atom. The standard InChI is InChI=1S/C8H15NO5/c1-13-6(10)2-4-7(11)8(12)5(3-9)14-4/h4-5,7-8,11-12H,2-3,9H2,1H3/t4-,5+,7-,8+/m0/s1. The van der Waals surface area contributed by atoms with Gasteiger partial charge in [0.2, 0.25) is 0 Å². The third-order valence-corrected chi connectivity index (χ3v) is 2.29. The molecule has 0 saturated carbocycles. The molecule has 0 aromatic heterocycles. The molecule has 0 aromatic carbocycles. The van der Waals surface area contributed by atoms with Gasteiger partial charge < -0.3 is 25.4 Å². The summed E-state index contributed by atoms with van der Waals surface area (Å²) in [6, 6.07) is 0. The smallest absolute Gasteiger partial charge is 0.308 e. The van der Waals surface area contributed by atoms with Crippen LogP contribution in [-0.2, 0) is 14.3 Å². The van der Waals surface area contributed by atoms with Gasteiger partial charge in [-0.05, 0) is 0 Å². The molecule has 4 N–H and O–H groups in total. The molecule has 0 spiro atoms. The van der Waals surface area contributed by atoms with Crippen LogP contribution in [-0.4, -0.2) is 54.3 Å². The van der Waals surface area contributed by atoms with Crippen LogP contribution in [0.25, 0.3) is 0 Å². The molecule has 0 radical (unpaired) electrons. The van der Waals surface area contributed by atoms with Crippen LogP contribution in [0.1, 0.15) is 6.42 Å². The van der Waals surface area contributed by atoms with E-state index in [1.54, 1.807) is 0 Å². The summed E-state index contributed by atoms with van der Waals surface area (Å²) in [5.74, 6) is -0.487. The highest BCUT2D eigenvalue weighted by atomic mass is 16.6. The van der Waals surface area contributed by atoms with Crippen molar-refractivity contribution in [3.8, 4) is 0 Å². The molecule has 6 heteroatoms. The van der Waals surface area contributed by atoms with Gasteiger partial charge in [-0.2, -0.15) is 0 Å². The number of hydrogen-bond donors (Lipinski definition) is 3. The Kier molecular flexibility index (Phi) is 3.82. The molecular weight excluding hydrogens is 190 g/mol. The molecule has 1 saturated heterocycles. The molecule has 4 atom stereocenters. The van der Waals surface area contributed by atoms with E-state index in [1.165, 1.54) is 7.11 Å². The maximum Gasteiger partial charge on any atom is 0.308 e. The molecule has 0 aliphatic carbocycles. The van der Waals surface area contributed by atoms with Crippen LogP contribution in [0.5, 0.6) is 0 Å². The molecule has 1 rings (SSSR count). The predicted molar refractivity (Wildman–Crippen MR) is 46.4 cm³/mol. The fourth-order valence-electron chi connectivity index (χ4n) is 1.44. The number of nitrogens with two attached hydrogens (primary N) is 1. The van der Waals surface area contributed by atoms with E-state index in [0.29, 0.717) is 0 Å². The molecular formula is C8H15NO5. The Balaban J connectivity index is 2.52. The molecule has 0 bridgehead atoms. The van der Waals surface area contributed by atoms with Crippen molar-refractivity contribution in [2.45, 2.75) is 30.8 Å². The predicted octanol–water partition coefficient (Wildman–Crippen LogP) is -2.00. The molecule has 82 valence electrons. The van der Waals surface area contributed by atoms with E-state index < -0.39 is 30.4 Å². The zero-order valence-corrected chi connectivity index (χ0v) is 7.92. The largest absolute Gasteiger partial charge is 0.469 e. The van der Waals surface area contributed by atoms with Gasteiger partial charge >= 0.3 is 5.97 Å². The van der Waals surface area contributed by atoms with E-state index in [4.69, 9.17) is 10.5 Å². The van der Waals surface area contributed by atoms with E-state index in [2.05, 4.69) is 4.74 Å². The minimum Gasteiger partial charge on any atom is -0.469 e. The van der Waals surface area contributed by atoms with Crippen LogP contribution >= 0.6 is 0 Å². The highest BCUT2D eigenvalue weighted by Crippen LogP contribution is 2.23. The van der Waals surface area contributed by atoms with E-state index in [1.807, 2.05) is 0 Å². The fourth-order valence-corrected chi connectivity index (χ4v) is 1.44. The van der Waals surface area contributed by atoms with E-state index >= 15 is 0 Å². The summed E-state index contributed by atoms with van der Waals surface area (Å²) in [4.78, 5) is 10.9. The van der Waals surface area contributed by atoms with Crippen LogP contribution in [0.4, 0.5) is 0 Å². The molecule has 6 nitrogen and oxygen atoms in total. The number of rotatable bonds is 3. The first-order valence-corrected chi connectivity index (χ1v) is 4.38. The van der Waals surface area contributed by atoms with Crippen molar-refractivity contribution >= 4 is 5.97 Å². The van der Waals surface area contributed by atoms with Crippen LogP contribution in [0.2, 0.25) is 0 Å². The van der Waals surface area contributed by atoms with Gasteiger partial charge in [0.15, 0.2) is 0 Å². The maximum absolute atomic E-state index is 10.9. The number of aliphatic hydroxyl groups is 2. The van der Waals surface area contributed by atoms with Gasteiger partial charge in [0.1, 0.15) is 12.2 Å². The number of ether oxygens (including phenoxy) is 2. The number of carbonyl (C=O) groups excluding carboxylic acids is 1. The molecule has 0 unspecified atom stereocenters. The zero-order valence-electron chi connectivity index (χ0n) is 7.92. The van der Waals surface area contributed by atoms with Crippen molar-refractivity contribution < 1.29 is 24.5 Å². The first-order valence-electron chi connectivity index (χ1n) is 4.38. The van der Waals surface area contributed by atoms with E-state index in [0.717, 1.165) is 0 Å². The normalized spacial score (nSPS) is 37.1. The summed E-state index contributed by atoms with van der Waals surface area (Å²) >= 11 is 0. The summed E-state index contributed by atoms with van der Waals surface area (Å²) in [7, 11) is 1.25. The Bertz CT molecular complexity index is 210. The molecule has 1 aliphatic rings. The zero-order chi connectivity index (χ0) is 10.7. The minimum absolute atomic E-state index is 0.0781. The highest BCUT2D eigenvalue weighted by Gasteiger charge is 2.42. The second kappa shape index (κ2) is 4.70. The molecule has 0 aromatic rings. The van der Waals surface area contributed by atoms with Gasteiger partial charge in [-0.15, -0.1) is 0 Å². The van der Waals surface area contributed by atoms with Crippen LogP contribution in [0, 0.1) is 0 Å². The topological polar surface area (TPSA) is 102 Å². The number of aliphatic hydroxyl groups excluding tert-OH is 2. The molecule has 0 amide bonds. The first kappa shape index (κ1) is 11.4. The first-order chi connectivity index (χ1) is 6.60. The van der Waals surface area contributed by atoms with Crippen molar-refractivity contribution in [3.05, 3.63) is 0 Å². The Hall–Kier alpha value is -0.690. The maximum atomic E-state index is 10.9. The van der Waals surface area contributed by atoms with Crippen molar-refractivity contribution in [2.75, 3.05) is 13.7 Å². The van der Waals surface area contributed by atoms with Gasteiger partial charge in [-0.25, -0.2) is 0 Å². The monoisotopic (exact) mass is 205 g/mol. The quantitative estimate of drug-likeness (QED) is 0.460. The van der Waals surface area contributed by atoms with E-state index in [-0.39, 0.29) is 13.0 Å². The summed E-state index contributed by atoms with van der Waals surface area (Å²) < 4.78 is 9.60. The van der Waals surface area contributed by atoms with Crippen LogP contribution in [0.3, 0.4) is 0 Å². The van der Waals surface area contributed by atoms with Crippen molar-refractivity contribution in [3.63, 3.8) is 0 Å². The average Bonchev–Trinajstić information content (AvgIpc) is 2.45. The lowest BCUT2D eigenvalue weighted by atomic mass is 10.1. The molecule has 1 aliphatic heterocycles. The Labute approximate surface area is 81.6 Å². The van der Waals surface area contributed by atoms with E-state index in [9.17, 15) is 15.0 Å². The van der Waals surface area contributed by atoms with Gasteiger partial charge in [0, 0.05) is 6.54 Å². The summed E-state index contributed by atoms with van der Waals surface area (Å²) in [5.41, 5.74) is 5.30. The third-order valence-electron chi connectivity index (χ3n) is 2.29. The van der Waals surface area contributed by atoms with Crippen LogP contribution < -0.4 is 5.73 Å². The number of carbonyl (C=O) groups is 1. The second-order valence-electron chi connectivity index (χ2n) is 3.21.